The molecule has 1 N–H and O–H groups in total. The Balaban J connectivity index is -0.000000245. The summed E-state index contributed by atoms with van der Waals surface area (Å²) in [5.41, 5.74) is 0. The average Bonchev–Trinajstić information content (AvgIpc) is 1.64. The molecule has 0 radical (unpaired) electrons. The smallest absolute Gasteiger partial charge is 0.770 e. The molecule has 5 nitrogen and oxygen atoms in total. The molecule has 0 aliphatic rings. The van der Waals surface area contributed by atoms with Crippen LogP contribution in [0.5, 0.6) is 0 Å². The second-order valence-corrected chi connectivity index (χ2v) is 3.06. The van der Waals surface area contributed by atoms with Crippen molar-refractivity contribution >= 4 is 22.2 Å². The Morgan fingerprint density at radius 3 is 1.30 bits per heavy atom. The van der Waals surface area contributed by atoms with Gasteiger partial charge in [0, 0.05) is 0 Å². The van der Waals surface area contributed by atoms with E-state index >= 15 is 0 Å². The standard InChI is InChI=1S/CH4O5S2.2Na/c2-1(7(3)4)8(5)6;;/h1-2H,(H,3,4)(H,5,6);;/q;2*+1/p-2. The Kier molecular flexibility index (Phi) is 16.7. The van der Waals surface area contributed by atoms with E-state index in [1.165, 1.54) is 0 Å². The van der Waals surface area contributed by atoms with E-state index in [1.807, 2.05) is 0 Å². The summed E-state index contributed by atoms with van der Waals surface area (Å²) in [5, 5.41) is 7.98. The van der Waals surface area contributed by atoms with E-state index in [0.717, 1.165) is 0 Å². The molecule has 0 saturated heterocycles. The summed E-state index contributed by atoms with van der Waals surface area (Å²) >= 11 is -5.90. The minimum atomic E-state index is -2.95. The first-order chi connectivity index (χ1) is 3.55. The molecule has 0 heterocycles. The number of aliphatic hydroxyl groups excluding tert-OH is 1. The van der Waals surface area contributed by atoms with Gasteiger partial charge in [-0.3, -0.25) is 8.42 Å². The molecule has 0 rings (SSSR count). The first-order valence-electron chi connectivity index (χ1n) is 1.40. The predicted molar refractivity (Wildman–Crippen MR) is 23.8 cm³/mol. The van der Waals surface area contributed by atoms with Crippen LogP contribution >= 0.6 is 0 Å². The van der Waals surface area contributed by atoms with Crippen LogP contribution in [0, 0.1) is 0 Å². The third-order valence-electron chi connectivity index (χ3n) is 0.329. The van der Waals surface area contributed by atoms with Crippen molar-refractivity contribution in [1.82, 2.24) is 0 Å². The predicted octanol–water partition coefficient (Wildman–Crippen LogP) is -7.97. The summed E-state index contributed by atoms with van der Waals surface area (Å²) in [5.74, 6) is 0. The molecule has 0 aromatic rings. The van der Waals surface area contributed by atoms with Crippen LogP contribution < -0.4 is 59.1 Å². The van der Waals surface area contributed by atoms with Gasteiger partial charge in [-0.2, -0.15) is 0 Å². The Bertz CT molecular complexity index is 113. The van der Waals surface area contributed by atoms with Gasteiger partial charge >= 0.3 is 59.1 Å². The van der Waals surface area contributed by atoms with E-state index in [2.05, 4.69) is 0 Å². The molecule has 50 valence electrons. The van der Waals surface area contributed by atoms with E-state index in [-0.39, 0.29) is 59.1 Å². The second kappa shape index (κ2) is 9.27. The molecular weight excluding hydrogens is 202 g/mol. The van der Waals surface area contributed by atoms with Gasteiger partial charge in [0.05, 0.1) is 0 Å². The zero-order chi connectivity index (χ0) is 6.73. The first kappa shape index (κ1) is 18.1. The first-order valence-corrected chi connectivity index (χ1v) is 3.67. The number of hydrogen-bond acceptors (Lipinski definition) is 5. The molecule has 0 bridgehead atoms. The molecule has 0 saturated carbocycles. The summed E-state index contributed by atoms with van der Waals surface area (Å²) in [6, 6.07) is 0. The van der Waals surface area contributed by atoms with Crippen LogP contribution in [-0.2, 0) is 22.2 Å². The third-order valence-corrected chi connectivity index (χ3v) is 1.93. The molecule has 10 heavy (non-hydrogen) atoms. The van der Waals surface area contributed by atoms with Crippen molar-refractivity contribution < 1.29 is 81.7 Å². The van der Waals surface area contributed by atoms with Crippen molar-refractivity contribution in [2.24, 2.45) is 0 Å². The van der Waals surface area contributed by atoms with Gasteiger partial charge in [0.25, 0.3) is 0 Å². The molecule has 2 atom stereocenters. The Morgan fingerprint density at radius 2 is 1.30 bits per heavy atom. The van der Waals surface area contributed by atoms with E-state index in [9.17, 15) is 17.5 Å². The van der Waals surface area contributed by atoms with Crippen LogP contribution in [0.1, 0.15) is 0 Å². The molecule has 0 fully saturated rings. The number of rotatable bonds is 2. The van der Waals surface area contributed by atoms with E-state index in [4.69, 9.17) is 5.11 Å². The van der Waals surface area contributed by atoms with Crippen molar-refractivity contribution in [2.45, 2.75) is 4.77 Å². The molecule has 2 unspecified atom stereocenters. The fraction of sp³-hybridized carbons (Fsp3) is 1.00. The van der Waals surface area contributed by atoms with Crippen LogP contribution in [0.4, 0.5) is 0 Å². The van der Waals surface area contributed by atoms with Crippen LogP contribution in [0.2, 0.25) is 0 Å². The van der Waals surface area contributed by atoms with Gasteiger partial charge in [0.2, 0.25) is 0 Å². The summed E-state index contributed by atoms with van der Waals surface area (Å²) in [4.78, 5) is 0. The zero-order valence-electron chi connectivity index (χ0n) is 5.47. The largest absolute Gasteiger partial charge is 1.00 e. The molecule has 0 spiro atoms. The van der Waals surface area contributed by atoms with Gasteiger partial charge in [-0.05, 0) is 22.2 Å². The van der Waals surface area contributed by atoms with Crippen molar-refractivity contribution in [2.75, 3.05) is 0 Å². The SMILES string of the molecule is O=S([O-])C(O)S(=O)[O-].[Na+].[Na+]. The van der Waals surface area contributed by atoms with Gasteiger partial charge in [-0.25, -0.2) is 0 Å². The molecule has 9 heteroatoms. The minimum absolute atomic E-state index is 0. The average molecular weight is 204 g/mol. The monoisotopic (exact) mass is 204 g/mol. The van der Waals surface area contributed by atoms with Crippen molar-refractivity contribution in [3.8, 4) is 0 Å². The van der Waals surface area contributed by atoms with Crippen LogP contribution in [-0.4, -0.2) is 27.4 Å². The van der Waals surface area contributed by atoms with Gasteiger partial charge in [-0.15, -0.1) is 0 Å². The molecular formula is CH2Na2O5S2. The summed E-state index contributed by atoms with van der Waals surface area (Å²) in [6.45, 7) is 0. The fourth-order valence-electron chi connectivity index (χ4n) is 0.0642. The van der Waals surface area contributed by atoms with E-state index in [1.54, 1.807) is 0 Å². The summed E-state index contributed by atoms with van der Waals surface area (Å²) in [7, 11) is 0. The molecule has 0 aromatic carbocycles. The normalized spacial score (nSPS) is 17.5. The van der Waals surface area contributed by atoms with Gasteiger partial charge in [0.1, 0.15) is 0 Å². The Hall–Kier alpha value is 2.18. The van der Waals surface area contributed by atoms with Gasteiger partial charge in [0.15, 0.2) is 4.77 Å². The Labute approximate surface area is 107 Å². The van der Waals surface area contributed by atoms with Crippen LogP contribution in [0.25, 0.3) is 0 Å². The van der Waals surface area contributed by atoms with Crippen LogP contribution in [0.3, 0.4) is 0 Å². The van der Waals surface area contributed by atoms with Gasteiger partial charge < -0.3 is 14.2 Å². The van der Waals surface area contributed by atoms with Crippen molar-refractivity contribution in [3.05, 3.63) is 0 Å². The Morgan fingerprint density at radius 1 is 1.10 bits per heavy atom. The maximum atomic E-state index is 9.50. The van der Waals surface area contributed by atoms with Crippen molar-refractivity contribution in [3.63, 3.8) is 0 Å². The van der Waals surface area contributed by atoms with Gasteiger partial charge in [-0.1, -0.05) is 0 Å². The quantitative estimate of drug-likeness (QED) is 0.355. The third kappa shape index (κ3) is 8.28. The van der Waals surface area contributed by atoms with Crippen molar-refractivity contribution in [1.29, 1.82) is 0 Å². The number of aliphatic hydroxyl groups is 1. The molecule has 0 aliphatic heterocycles. The molecule has 0 aromatic heterocycles. The van der Waals surface area contributed by atoms with Crippen LogP contribution in [0.15, 0.2) is 0 Å². The second-order valence-electron chi connectivity index (χ2n) is 0.828. The fourth-order valence-corrected chi connectivity index (χ4v) is 0.577. The minimum Gasteiger partial charge on any atom is -0.770 e. The zero-order valence-corrected chi connectivity index (χ0v) is 11.1. The van der Waals surface area contributed by atoms with E-state index in [0.29, 0.717) is 0 Å². The maximum absolute atomic E-state index is 9.50. The topological polar surface area (TPSA) is 100 Å². The summed E-state index contributed by atoms with van der Waals surface area (Å²) in [6.07, 6.45) is 0. The number of hydrogen-bond donors (Lipinski definition) is 1. The summed E-state index contributed by atoms with van der Waals surface area (Å²) < 4.78 is 35.7. The molecule has 0 amide bonds. The molecule has 0 aliphatic carbocycles. The van der Waals surface area contributed by atoms with E-state index < -0.39 is 26.9 Å². The maximum Gasteiger partial charge on any atom is 1.00 e.